The fraction of sp³-hybridized carbons (Fsp3) is 0.889. The number of rotatable bonds is 12. The van der Waals surface area contributed by atoms with Crippen molar-refractivity contribution in [2.45, 2.75) is 79.1 Å². The third-order valence-electron chi connectivity index (χ3n) is 4.16. The molecule has 25 heavy (non-hydrogen) atoms. The largest absolute Gasteiger partial charge is 2.00 e. The summed E-state index contributed by atoms with van der Waals surface area (Å²) in [6.45, 7) is 9.52. The Kier molecular flexibility index (Phi) is 24.8. The van der Waals surface area contributed by atoms with Gasteiger partial charge in [0.25, 0.3) is 0 Å². The molecule has 144 valence electrons. The van der Waals surface area contributed by atoms with Crippen LogP contribution in [0.1, 0.15) is 79.1 Å². The number of unbranched alkanes of at least 4 members (excludes halogenated alkanes) is 2. The zero-order valence-electron chi connectivity index (χ0n) is 16.6. The van der Waals surface area contributed by atoms with Gasteiger partial charge in [-0.3, -0.25) is 0 Å². The van der Waals surface area contributed by atoms with Gasteiger partial charge in [0.1, 0.15) is 12.2 Å². The molecule has 0 heterocycles. The molecule has 2 N–H and O–H groups in total. The van der Waals surface area contributed by atoms with Crippen molar-refractivity contribution >= 4 is 35.2 Å². The molecule has 0 saturated heterocycles. The van der Waals surface area contributed by atoms with Gasteiger partial charge in [0, 0.05) is 13.1 Å². The van der Waals surface area contributed by atoms with Crippen LogP contribution in [0.25, 0.3) is 0 Å². The Morgan fingerprint density at radius 2 is 1.08 bits per heavy atom. The second-order valence-electron chi connectivity index (χ2n) is 6.17. The molecule has 0 bridgehead atoms. The number of carboxylic acid groups (broad SMARTS) is 2. The van der Waals surface area contributed by atoms with Crippen LogP contribution in [0, 0.1) is 11.8 Å². The Morgan fingerprint density at radius 1 is 0.760 bits per heavy atom. The quantitative estimate of drug-likeness (QED) is 0.513. The van der Waals surface area contributed by atoms with E-state index in [1.165, 1.54) is 25.7 Å². The van der Waals surface area contributed by atoms with E-state index in [0.717, 1.165) is 25.7 Å². The van der Waals surface area contributed by atoms with Gasteiger partial charge in [0.2, 0.25) is 0 Å². The second kappa shape index (κ2) is 21.3. The van der Waals surface area contributed by atoms with Gasteiger partial charge >= 0.3 is 23.1 Å². The van der Waals surface area contributed by atoms with Crippen molar-refractivity contribution in [1.82, 2.24) is 10.6 Å². The van der Waals surface area contributed by atoms with Crippen LogP contribution in [-0.2, 0) is 0 Å². The smallest absolute Gasteiger partial charge is 0.530 e. The maximum atomic E-state index is 10.1. The first-order valence-corrected chi connectivity index (χ1v) is 9.30. The van der Waals surface area contributed by atoms with Gasteiger partial charge in [-0.15, -0.1) is 0 Å². The van der Waals surface area contributed by atoms with E-state index in [1.807, 2.05) is 0 Å². The molecular weight excluding hydrogens is 333 g/mol. The Bertz CT molecular complexity index is 287. The standard InChI is InChI=1S/2C9H19NO2.Mg/c2*1-3-5-6-8(4-2)7-10-9(11)12;/h2*8,10H,3-7H2,1-2H3,(H,11,12);/q;;+2/p-2. The SMILES string of the molecule is CCCCC(CC)CNC(=O)[O-].CCCCC(CC)CNC(=O)[O-].[Mg+2]. The summed E-state index contributed by atoms with van der Waals surface area (Å²) in [5.74, 6) is 0.950. The summed E-state index contributed by atoms with van der Waals surface area (Å²) in [5.41, 5.74) is 0. The van der Waals surface area contributed by atoms with Crippen LogP contribution in [0.4, 0.5) is 9.59 Å². The molecule has 0 fully saturated rings. The van der Waals surface area contributed by atoms with E-state index >= 15 is 0 Å². The Labute approximate surface area is 169 Å². The molecule has 0 aromatic heterocycles. The summed E-state index contributed by atoms with van der Waals surface area (Å²) in [6, 6.07) is 0. The normalized spacial score (nSPS) is 12.0. The van der Waals surface area contributed by atoms with Gasteiger partial charge in [-0.05, 0) is 24.7 Å². The third-order valence-corrected chi connectivity index (χ3v) is 4.16. The van der Waals surface area contributed by atoms with Crippen molar-refractivity contribution in [3.8, 4) is 0 Å². The maximum Gasteiger partial charge on any atom is 2.00 e. The summed E-state index contributed by atoms with van der Waals surface area (Å²) < 4.78 is 0. The number of carbonyl (C=O) groups excluding carboxylic acids is 2. The van der Waals surface area contributed by atoms with Crippen LogP contribution in [0.2, 0.25) is 0 Å². The van der Waals surface area contributed by atoms with E-state index in [1.54, 1.807) is 0 Å². The van der Waals surface area contributed by atoms with Crippen molar-refractivity contribution in [2.24, 2.45) is 11.8 Å². The Morgan fingerprint density at radius 3 is 1.28 bits per heavy atom. The molecule has 2 atom stereocenters. The topological polar surface area (TPSA) is 104 Å². The molecule has 0 radical (unpaired) electrons. The Hall–Kier alpha value is -0.694. The zero-order valence-corrected chi connectivity index (χ0v) is 18.0. The van der Waals surface area contributed by atoms with Gasteiger partial charge in [-0.2, -0.15) is 0 Å². The fourth-order valence-corrected chi connectivity index (χ4v) is 2.34. The third kappa shape index (κ3) is 23.3. The van der Waals surface area contributed by atoms with Crippen LogP contribution in [-0.4, -0.2) is 48.3 Å². The first kappa shape index (κ1) is 29.1. The van der Waals surface area contributed by atoms with Crippen LogP contribution in [0.5, 0.6) is 0 Å². The molecule has 0 aliphatic heterocycles. The van der Waals surface area contributed by atoms with E-state index < -0.39 is 12.2 Å². The molecule has 6 nitrogen and oxygen atoms in total. The molecule has 0 rings (SSSR count). The van der Waals surface area contributed by atoms with Gasteiger partial charge < -0.3 is 30.4 Å². The summed E-state index contributed by atoms with van der Waals surface area (Å²) >= 11 is 0. The summed E-state index contributed by atoms with van der Waals surface area (Å²) in [7, 11) is 0. The number of carbonyl (C=O) groups is 2. The minimum absolute atomic E-state index is 0. The predicted molar refractivity (Wildman–Crippen MR) is 99.2 cm³/mol. The summed E-state index contributed by atoms with van der Waals surface area (Å²) in [6.07, 6.45) is 6.63. The van der Waals surface area contributed by atoms with Gasteiger partial charge in [0.05, 0.1) is 0 Å². The fourth-order valence-electron chi connectivity index (χ4n) is 2.34. The van der Waals surface area contributed by atoms with Crippen LogP contribution in [0.3, 0.4) is 0 Å². The molecule has 0 spiro atoms. The Balaban J connectivity index is -0.000000372. The molecule has 2 amide bonds. The first-order valence-electron chi connectivity index (χ1n) is 9.30. The van der Waals surface area contributed by atoms with Crippen LogP contribution >= 0.6 is 0 Å². The second-order valence-corrected chi connectivity index (χ2v) is 6.17. The number of nitrogens with one attached hydrogen (secondary N) is 2. The average molecular weight is 369 g/mol. The van der Waals surface area contributed by atoms with E-state index in [-0.39, 0.29) is 23.1 Å². The molecule has 0 saturated carbocycles. The first-order chi connectivity index (χ1) is 11.4. The van der Waals surface area contributed by atoms with E-state index in [4.69, 9.17) is 0 Å². The summed E-state index contributed by atoms with van der Waals surface area (Å²) in [5, 5.41) is 24.8. The van der Waals surface area contributed by atoms with Crippen molar-refractivity contribution in [2.75, 3.05) is 13.1 Å². The van der Waals surface area contributed by atoms with Gasteiger partial charge in [-0.1, -0.05) is 66.2 Å². The van der Waals surface area contributed by atoms with Crippen molar-refractivity contribution in [3.05, 3.63) is 0 Å². The minimum atomic E-state index is -1.16. The van der Waals surface area contributed by atoms with Crippen molar-refractivity contribution in [1.29, 1.82) is 0 Å². The molecule has 0 aromatic carbocycles. The molecule has 0 aliphatic rings. The predicted octanol–water partition coefficient (Wildman–Crippen LogP) is 1.89. The van der Waals surface area contributed by atoms with E-state index in [2.05, 4.69) is 38.3 Å². The maximum absolute atomic E-state index is 10.1. The molecule has 2 unspecified atom stereocenters. The zero-order chi connectivity index (χ0) is 18.8. The molecule has 0 aliphatic carbocycles. The van der Waals surface area contributed by atoms with Crippen LogP contribution in [0.15, 0.2) is 0 Å². The van der Waals surface area contributed by atoms with E-state index in [9.17, 15) is 19.8 Å². The monoisotopic (exact) mass is 368 g/mol. The molecule has 0 aromatic rings. The molecular formula is C18H36MgN2O4. The van der Waals surface area contributed by atoms with E-state index in [0.29, 0.717) is 24.9 Å². The minimum Gasteiger partial charge on any atom is -0.530 e. The molecule has 7 heteroatoms. The van der Waals surface area contributed by atoms with Crippen molar-refractivity contribution < 1.29 is 19.8 Å². The van der Waals surface area contributed by atoms with Crippen LogP contribution < -0.4 is 20.8 Å². The number of hydrogen-bond acceptors (Lipinski definition) is 4. The number of amides is 2. The van der Waals surface area contributed by atoms with Gasteiger partial charge in [-0.25, -0.2) is 0 Å². The average Bonchev–Trinajstić information content (AvgIpc) is 2.55. The van der Waals surface area contributed by atoms with Gasteiger partial charge in [0.15, 0.2) is 0 Å². The number of hydrogen-bond donors (Lipinski definition) is 2. The summed E-state index contributed by atoms with van der Waals surface area (Å²) in [4.78, 5) is 20.1. The van der Waals surface area contributed by atoms with Crippen molar-refractivity contribution in [3.63, 3.8) is 0 Å².